The molecule has 0 unspecified atom stereocenters. The molecule has 4 rings (SSSR count). The predicted molar refractivity (Wildman–Crippen MR) is 122 cm³/mol. The third-order valence-electron chi connectivity index (χ3n) is 4.99. The zero-order valence-electron chi connectivity index (χ0n) is 16.8. The Labute approximate surface area is 174 Å². The SMILES string of the molecule is CN(C)c1ccc(-c2ccc(/C=C/c3oc4ccccc4c(=O)c3C#N)cc2)cc1. The highest BCUT2D eigenvalue weighted by atomic mass is 16.3. The van der Waals surface area contributed by atoms with E-state index in [0.717, 1.165) is 22.4 Å². The molecule has 0 fully saturated rings. The van der Waals surface area contributed by atoms with Crippen LogP contribution in [0.5, 0.6) is 0 Å². The lowest BCUT2D eigenvalue weighted by atomic mass is 10.0. The van der Waals surface area contributed by atoms with Crippen molar-refractivity contribution in [3.63, 3.8) is 0 Å². The molecule has 0 aliphatic rings. The van der Waals surface area contributed by atoms with Crippen molar-refractivity contribution in [2.24, 2.45) is 0 Å². The average Bonchev–Trinajstić information content (AvgIpc) is 2.78. The summed E-state index contributed by atoms with van der Waals surface area (Å²) in [4.78, 5) is 14.6. The van der Waals surface area contributed by atoms with E-state index in [9.17, 15) is 10.1 Å². The number of nitrogens with zero attached hydrogens (tertiary/aromatic N) is 2. The van der Waals surface area contributed by atoms with E-state index in [1.54, 1.807) is 30.3 Å². The van der Waals surface area contributed by atoms with E-state index in [4.69, 9.17) is 4.42 Å². The van der Waals surface area contributed by atoms with Crippen LogP contribution in [0.4, 0.5) is 5.69 Å². The lowest BCUT2D eigenvalue weighted by molar-refractivity contribution is 0.589. The summed E-state index contributed by atoms with van der Waals surface area (Å²) in [6.45, 7) is 0. The van der Waals surface area contributed by atoms with Crippen molar-refractivity contribution in [3.8, 4) is 17.2 Å². The number of benzene rings is 3. The first-order chi connectivity index (χ1) is 14.6. The number of hydrogen-bond donors (Lipinski definition) is 0. The van der Waals surface area contributed by atoms with E-state index in [0.29, 0.717) is 11.0 Å². The van der Waals surface area contributed by atoms with Gasteiger partial charge in [-0.25, -0.2) is 0 Å². The van der Waals surface area contributed by atoms with E-state index in [1.165, 1.54) is 0 Å². The first kappa shape index (κ1) is 19.2. The Morgan fingerprint density at radius 2 is 1.50 bits per heavy atom. The summed E-state index contributed by atoms with van der Waals surface area (Å²) in [6, 6.07) is 25.4. The molecule has 1 heterocycles. The van der Waals surface area contributed by atoms with Crippen LogP contribution in [0.25, 0.3) is 34.2 Å². The lowest BCUT2D eigenvalue weighted by Crippen LogP contribution is -2.08. The van der Waals surface area contributed by atoms with Gasteiger partial charge in [0.05, 0.1) is 5.39 Å². The molecule has 4 nitrogen and oxygen atoms in total. The van der Waals surface area contributed by atoms with Crippen LogP contribution < -0.4 is 10.3 Å². The van der Waals surface area contributed by atoms with Crippen molar-refractivity contribution in [3.05, 3.63) is 99.9 Å². The number of hydrogen-bond acceptors (Lipinski definition) is 4. The molecule has 0 aliphatic heterocycles. The number of nitriles is 1. The van der Waals surface area contributed by atoms with Gasteiger partial charge in [-0.3, -0.25) is 4.79 Å². The third-order valence-corrected chi connectivity index (χ3v) is 4.99. The Morgan fingerprint density at radius 1 is 0.867 bits per heavy atom. The van der Waals surface area contributed by atoms with Crippen LogP contribution in [0, 0.1) is 11.3 Å². The average molecular weight is 392 g/mol. The first-order valence-corrected chi connectivity index (χ1v) is 9.58. The molecule has 146 valence electrons. The molecule has 0 spiro atoms. The van der Waals surface area contributed by atoms with Gasteiger partial charge in [0.15, 0.2) is 0 Å². The van der Waals surface area contributed by atoms with E-state index < -0.39 is 0 Å². The second kappa shape index (κ2) is 8.10. The van der Waals surface area contributed by atoms with Gasteiger partial charge in [-0.2, -0.15) is 5.26 Å². The molecular formula is C26H20N2O2. The molecule has 1 aromatic heterocycles. The molecule has 0 bridgehead atoms. The maximum atomic E-state index is 12.5. The predicted octanol–water partition coefficient (Wildman–Crippen LogP) is 5.57. The Bertz CT molecular complexity index is 1320. The van der Waals surface area contributed by atoms with Crippen molar-refractivity contribution >= 4 is 28.8 Å². The summed E-state index contributed by atoms with van der Waals surface area (Å²) in [6.07, 6.45) is 3.51. The zero-order chi connectivity index (χ0) is 21.1. The normalized spacial score (nSPS) is 11.0. The van der Waals surface area contributed by atoms with Crippen molar-refractivity contribution in [2.75, 3.05) is 19.0 Å². The summed E-state index contributed by atoms with van der Waals surface area (Å²) in [5.41, 5.74) is 4.54. The van der Waals surface area contributed by atoms with Crippen molar-refractivity contribution < 1.29 is 4.42 Å². The van der Waals surface area contributed by atoms with Crippen LogP contribution in [0.1, 0.15) is 16.9 Å². The maximum absolute atomic E-state index is 12.5. The van der Waals surface area contributed by atoms with Crippen LogP contribution in [-0.4, -0.2) is 14.1 Å². The second-order valence-electron chi connectivity index (χ2n) is 7.18. The first-order valence-electron chi connectivity index (χ1n) is 9.58. The Kier molecular flexibility index (Phi) is 5.19. The fourth-order valence-electron chi connectivity index (χ4n) is 3.29. The highest BCUT2D eigenvalue weighted by Gasteiger charge is 2.11. The van der Waals surface area contributed by atoms with Gasteiger partial charge in [-0.05, 0) is 47.0 Å². The fraction of sp³-hybridized carbons (Fsp3) is 0.0769. The van der Waals surface area contributed by atoms with Gasteiger partial charge in [-0.1, -0.05) is 54.6 Å². The molecule has 3 aromatic carbocycles. The third kappa shape index (κ3) is 3.74. The second-order valence-corrected chi connectivity index (χ2v) is 7.18. The van der Waals surface area contributed by atoms with Crippen molar-refractivity contribution in [1.29, 1.82) is 5.26 Å². The minimum Gasteiger partial charge on any atom is -0.455 e. The fourth-order valence-corrected chi connectivity index (χ4v) is 3.29. The van der Waals surface area contributed by atoms with Crippen LogP contribution >= 0.6 is 0 Å². The minimum atomic E-state index is -0.310. The van der Waals surface area contributed by atoms with Gasteiger partial charge >= 0.3 is 0 Å². The number of rotatable bonds is 4. The summed E-state index contributed by atoms with van der Waals surface area (Å²) >= 11 is 0. The summed E-state index contributed by atoms with van der Waals surface area (Å²) in [5.74, 6) is 0.268. The molecular weight excluding hydrogens is 372 g/mol. The molecule has 4 aromatic rings. The van der Waals surface area contributed by atoms with E-state index in [1.807, 2.05) is 50.5 Å². The molecule has 4 heteroatoms. The Hall–Kier alpha value is -4.10. The highest BCUT2D eigenvalue weighted by molar-refractivity contribution is 5.81. The lowest BCUT2D eigenvalue weighted by Gasteiger charge is -2.12. The molecule has 30 heavy (non-hydrogen) atoms. The highest BCUT2D eigenvalue weighted by Crippen LogP contribution is 2.24. The molecule has 0 saturated heterocycles. The van der Waals surface area contributed by atoms with Crippen LogP contribution in [0.3, 0.4) is 0 Å². The summed E-state index contributed by atoms with van der Waals surface area (Å²) in [7, 11) is 4.04. The topological polar surface area (TPSA) is 57.2 Å². The van der Waals surface area contributed by atoms with Gasteiger partial charge < -0.3 is 9.32 Å². The van der Waals surface area contributed by atoms with E-state index in [2.05, 4.69) is 29.2 Å². The molecule has 0 aliphatic carbocycles. The summed E-state index contributed by atoms with van der Waals surface area (Å²) in [5, 5.41) is 9.84. The number of fused-ring (bicyclic) bond motifs is 1. The van der Waals surface area contributed by atoms with Gasteiger partial charge in [0.25, 0.3) is 0 Å². The van der Waals surface area contributed by atoms with Gasteiger partial charge in [0.1, 0.15) is 23.0 Å². The van der Waals surface area contributed by atoms with Gasteiger partial charge in [0.2, 0.25) is 5.43 Å². The quantitative estimate of drug-likeness (QED) is 0.456. The number of anilines is 1. The van der Waals surface area contributed by atoms with Crippen molar-refractivity contribution in [2.45, 2.75) is 0 Å². The Morgan fingerprint density at radius 3 is 2.13 bits per heavy atom. The van der Waals surface area contributed by atoms with Crippen LogP contribution in [-0.2, 0) is 0 Å². The zero-order valence-corrected chi connectivity index (χ0v) is 16.8. The standard InChI is InChI=1S/C26H20N2O2/c1-28(2)21-14-12-20(13-15-21)19-10-7-18(8-11-19)9-16-25-23(17-27)26(29)22-5-3-4-6-24(22)30-25/h3-16H,1-2H3/b16-9+. The van der Waals surface area contributed by atoms with E-state index in [-0.39, 0.29) is 16.8 Å². The number of para-hydroxylation sites is 1. The van der Waals surface area contributed by atoms with Crippen molar-refractivity contribution in [1.82, 2.24) is 0 Å². The van der Waals surface area contributed by atoms with E-state index >= 15 is 0 Å². The molecule has 0 amide bonds. The monoisotopic (exact) mass is 392 g/mol. The molecule has 0 atom stereocenters. The van der Waals surface area contributed by atoms with Crippen LogP contribution in [0.2, 0.25) is 0 Å². The maximum Gasteiger partial charge on any atom is 0.211 e. The smallest absolute Gasteiger partial charge is 0.211 e. The van der Waals surface area contributed by atoms with Crippen LogP contribution in [0.15, 0.2) is 82.0 Å². The minimum absolute atomic E-state index is 0.0163. The summed E-state index contributed by atoms with van der Waals surface area (Å²) < 4.78 is 5.80. The van der Waals surface area contributed by atoms with Gasteiger partial charge in [0, 0.05) is 19.8 Å². The molecule has 0 radical (unpaired) electrons. The Balaban J connectivity index is 1.62. The molecule has 0 N–H and O–H groups in total. The van der Waals surface area contributed by atoms with Gasteiger partial charge in [-0.15, -0.1) is 0 Å². The largest absolute Gasteiger partial charge is 0.455 e. The molecule has 0 saturated carbocycles.